The summed E-state index contributed by atoms with van der Waals surface area (Å²) in [6, 6.07) is 8.10. The van der Waals surface area contributed by atoms with Crippen LogP contribution in [-0.4, -0.2) is 53.7 Å². The number of carbonyl (C=O) groups is 1. The minimum Gasteiger partial charge on any atom is -0.481 e. The van der Waals surface area contributed by atoms with Crippen molar-refractivity contribution >= 4 is 5.91 Å². The minimum atomic E-state index is 0.0292. The minimum absolute atomic E-state index is 0.0292. The van der Waals surface area contributed by atoms with E-state index in [1.807, 2.05) is 29.2 Å². The maximum atomic E-state index is 12.8. The number of hydrogen-bond donors (Lipinski definition) is 1. The molecular weight excluding hydrogens is 344 g/mol. The highest BCUT2D eigenvalue weighted by atomic mass is 16.5. The molecule has 4 rings (SSSR count). The third kappa shape index (κ3) is 3.94. The predicted octanol–water partition coefficient (Wildman–Crippen LogP) is 1.56. The summed E-state index contributed by atoms with van der Waals surface area (Å²) in [4.78, 5) is 23.6. The molecule has 1 amide bonds. The van der Waals surface area contributed by atoms with Crippen LogP contribution in [0.5, 0.6) is 5.88 Å². The Balaban J connectivity index is 1.45. The number of aromatic nitrogens is 2. The van der Waals surface area contributed by atoms with Gasteiger partial charge in [0.2, 0.25) is 5.88 Å². The zero-order valence-electron chi connectivity index (χ0n) is 15.5. The van der Waals surface area contributed by atoms with Gasteiger partial charge in [0.1, 0.15) is 0 Å². The van der Waals surface area contributed by atoms with E-state index in [0.717, 1.165) is 43.0 Å². The second-order valence-electron chi connectivity index (χ2n) is 6.89. The molecule has 2 aromatic heterocycles. The molecule has 7 nitrogen and oxygen atoms in total. The molecule has 0 spiro atoms. The first kappa shape index (κ1) is 17.9. The van der Waals surface area contributed by atoms with Gasteiger partial charge in [-0.25, -0.2) is 4.98 Å². The van der Waals surface area contributed by atoms with E-state index in [-0.39, 0.29) is 5.91 Å². The van der Waals surface area contributed by atoms with Crippen LogP contribution in [0.3, 0.4) is 0 Å². The van der Waals surface area contributed by atoms with E-state index in [2.05, 4.69) is 15.3 Å². The molecular formula is C20H24N4O3. The van der Waals surface area contributed by atoms with Crippen molar-refractivity contribution in [3.63, 3.8) is 0 Å². The highest BCUT2D eigenvalue weighted by Crippen LogP contribution is 2.27. The van der Waals surface area contributed by atoms with Gasteiger partial charge in [-0.05, 0) is 24.6 Å². The lowest BCUT2D eigenvalue weighted by Gasteiger charge is -2.14. The number of nitrogens with one attached hydrogen (secondary N) is 1. The molecule has 1 atom stereocenters. The van der Waals surface area contributed by atoms with Crippen LogP contribution in [0.25, 0.3) is 0 Å². The summed E-state index contributed by atoms with van der Waals surface area (Å²) in [7, 11) is 1.62. The van der Waals surface area contributed by atoms with Crippen LogP contribution in [0.4, 0.5) is 0 Å². The van der Waals surface area contributed by atoms with E-state index in [1.54, 1.807) is 13.3 Å². The van der Waals surface area contributed by atoms with Crippen LogP contribution >= 0.6 is 0 Å². The van der Waals surface area contributed by atoms with Gasteiger partial charge in [0, 0.05) is 49.6 Å². The monoisotopic (exact) mass is 368 g/mol. The van der Waals surface area contributed by atoms with Gasteiger partial charge in [-0.15, -0.1) is 0 Å². The Labute approximate surface area is 158 Å². The van der Waals surface area contributed by atoms with Crippen LogP contribution in [0.1, 0.15) is 33.7 Å². The number of amides is 1. The van der Waals surface area contributed by atoms with Crippen molar-refractivity contribution in [2.75, 3.05) is 26.9 Å². The molecule has 27 heavy (non-hydrogen) atoms. The van der Waals surface area contributed by atoms with Crippen molar-refractivity contribution in [1.82, 2.24) is 20.2 Å². The van der Waals surface area contributed by atoms with E-state index in [0.29, 0.717) is 37.1 Å². The molecule has 1 fully saturated rings. The number of pyridine rings is 2. The van der Waals surface area contributed by atoms with Gasteiger partial charge in [-0.1, -0.05) is 6.07 Å². The van der Waals surface area contributed by atoms with Crippen LogP contribution in [0.15, 0.2) is 30.5 Å². The molecule has 2 aromatic rings. The number of rotatable bonds is 7. The number of hydrogen-bond acceptors (Lipinski definition) is 6. The summed E-state index contributed by atoms with van der Waals surface area (Å²) in [5, 5.41) is 3.46. The van der Waals surface area contributed by atoms with E-state index in [4.69, 9.17) is 9.47 Å². The van der Waals surface area contributed by atoms with Crippen LogP contribution < -0.4 is 10.1 Å². The maximum absolute atomic E-state index is 12.8. The highest BCUT2D eigenvalue weighted by molar-refractivity contribution is 5.98. The Morgan fingerprint density at radius 2 is 2.33 bits per heavy atom. The fourth-order valence-electron chi connectivity index (χ4n) is 3.53. The lowest BCUT2D eigenvalue weighted by atomic mass is 10.1. The average molecular weight is 368 g/mol. The van der Waals surface area contributed by atoms with Crippen molar-refractivity contribution in [3.8, 4) is 5.88 Å². The normalized spacial score (nSPS) is 18.8. The first-order valence-electron chi connectivity index (χ1n) is 9.31. The summed E-state index contributed by atoms with van der Waals surface area (Å²) in [6.45, 7) is 3.27. The van der Waals surface area contributed by atoms with Crippen LogP contribution in [-0.2, 0) is 24.2 Å². The van der Waals surface area contributed by atoms with Gasteiger partial charge in [0.25, 0.3) is 5.91 Å². The lowest BCUT2D eigenvalue weighted by Crippen LogP contribution is -2.29. The van der Waals surface area contributed by atoms with Crippen LogP contribution in [0.2, 0.25) is 0 Å². The molecule has 2 aliphatic rings. The highest BCUT2D eigenvalue weighted by Gasteiger charge is 2.30. The number of ether oxygens (including phenoxy) is 2. The average Bonchev–Trinajstić information content (AvgIpc) is 3.33. The summed E-state index contributed by atoms with van der Waals surface area (Å²) < 4.78 is 10.9. The van der Waals surface area contributed by atoms with Crippen molar-refractivity contribution < 1.29 is 14.3 Å². The maximum Gasteiger partial charge on any atom is 0.256 e. The second-order valence-corrected chi connectivity index (χ2v) is 6.89. The van der Waals surface area contributed by atoms with Gasteiger partial charge in [-0.3, -0.25) is 9.78 Å². The van der Waals surface area contributed by atoms with Gasteiger partial charge < -0.3 is 19.7 Å². The number of nitrogens with zero attached hydrogens (tertiary/aromatic N) is 3. The van der Waals surface area contributed by atoms with Crippen LogP contribution in [0, 0.1) is 0 Å². The van der Waals surface area contributed by atoms with E-state index < -0.39 is 0 Å². The summed E-state index contributed by atoms with van der Waals surface area (Å²) >= 11 is 0. The third-order valence-electron chi connectivity index (χ3n) is 5.07. The molecule has 4 heterocycles. The Hall–Kier alpha value is -2.51. The Bertz CT molecular complexity index is 806. The first-order chi connectivity index (χ1) is 13.2. The molecule has 0 aromatic carbocycles. The van der Waals surface area contributed by atoms with E-state index in [1.165, 1.54) is 0 Å². The third-order valence-corrected chi connectivity index (χ3v) is 5.07. The van der Waals surface area contributed by atoms with Crippen molar-refractivity contribution in [2.45, 2.75) is 32.0 Å². The SMILES string of the molecule is COc1nc2c(cc1CN[C@@H]1CCOC1)C(=O)N(CCc1ccccn1)C2. The zero-order chi connectivity index (χ0) is 18.6. The molecule has 142 valence electrons. The van der Waals surface area contributed by atoms with Gasteiger partial charge in [0.05, 0.1) is 31.5 Å². The molecule has 7 heteroatoms. The molecule has 0 radical (unpaired) electrons. The Kier molecular flexibility index (Phi) is 5.31. The molecule has 0 aliphatic carbocycles. The quantitative estimate of drug-likeness (QED) is 0.799. The van der Waals surface area contributed by atoms with Crippen molar-refractivity contribution in [3.05, 3.63) is 53.0 Å². The summed E-state index contributed by atoms with van der Waals surface area (Å²) in [6.07, 6.45) is 3.51. The zero-order valence-corrected chi connectivity index (χ0v) is 15.5. The molecule has 2 aliphatic heterocycles. The Morgan fingerprint density at radius 3 is 3.07 bits per heavy atom. The van der Waals surface area contributed by atoms with Gasteiger partial charge in [0.15, 0.2) is 0 Å². The van der Waals surface area contributed by atoms with Gasteiger partial charge in [-0.2, -0.15) is 0 Å². The summed E-state index contributed by atoms with van der Waals surface area (Å²) in [5.74, 6) is 0.612. The topological polar surface area (TPSA) is 76.6 Å². The van der Waals surface area contributed by atoms with Crippen molar-refractivity contribution in [1.29, 1.82) is 0 Å². The molecule has 0 saturated carbocycles. The fourth-order valence-corrected chi connectivity index (χ4v) is 3.53. The first-order valence-corrected chi connectivity index (χ1v) is 9.31. The standard InChI is InChI=1S/C20H24N4O3/c1-26-19-14(11-22-16-6-9-27-13-16)10-17-18(23-19)12-24(20(17)25)8-5-15-4-2-3-7-21-15/h2-4,7,10,16,22H,5-6,8-9,11-13H2,1H3/t16-/m1/s1. The van der Waals surface area contributed by atoms with Crippen molar-refractivity contribution in [2.24, 2.45) is 0 Å². The number of methoxy groups -OCH3 is 1. The Morgan fingerprint density at radius 1 is 1.41 bits per heavy atom. The van der Waals surface area contributed by atoms with E-state index >= 15 is 0 Å². The molecule has 1 saturated heterocycles. The smallest absolute Gasteiger partial charge is 0.256 e. The second kappa shape index (κ2) is 8.02. The number of fused-ring (bicyclic) bond motifs is 1. The predicted molar refractivity (Wildman–Crippen MR) is 99.5 cm³/mol. The van der Waals surface area contributed by atoms with Gasteiger partial charge >= 0.3 is 0 Å². The number of carbonyl (C=O) groups excluding carboxylic acids is 1. The lowest BCUT2D eigenvalue weighted by molar-refractivity contribution is 0.0779. The largest absolute Gasteiger partial charge is 0.481 e. The fraction of sp³-hybridized carbons (Fsp3) is 0.450. The molecule has 0 unspecified atom stereocenters. The molecule has 1 N–H and O–H groups in total. The molecule has 0 bridgehead atoms. The van der Waals surface area contributed by atoms with E-state index in [9.17, 15) is 4.79 Å². The summed E-state index contributed by atoms with van der Waals surface area (Å²) in [5.41, 5.74) is 3.35.